The fourth-order valence-corrected chi connectivity index (χ4v) is 6.24. The number of benzene rings is 2. The van der Waals surface area contributed by atoms with Crippen LogP contribution in [0.25, 0.3) is 0 Å². The molecular formula is C30H34F4N2O5. The third kappa shape index (κ3) is 6.35. The molecule has 2 aromatic rings. The molecule has 2 aromatic carbocycles. The SMILES string of the molecule is COc1cc(CNC(=O)[C@@]2(C3CC3)CCC(N3CCC(c4ccc(F)c(C(=O)O)c4)CC3)CO2)cc(C(F)(F)F)c1. The van der Waals surface area contributed by atoms with E-state index in [9.17, 15) is 32.3 Å². The Morgan fingerprint density at radius 2 is 1.83 bits per heavy atom. The van der Waals surface area contributed by atoms with E-state index in [1.165, 1.54) is 25.3 Å². The number of amides is 1. The molecule has 11 heteroatoms. The topological polar surface area (TPSA) is 88.1 Å². The summed E-state index contributed by atoms with van der Waals surface area (Å²) in [5, 5.41) is 12.1. The van der Waals surface area contributed by atoms with Gasteiger partial charge in [0, 0.05) is 12.6 Å². The van der Waals surface area contributed by atoms with E-state index in [2.05, 4.69) is 10.2 Å². The van der Waals surface area contributed by atoms with Crippen LogP contribution in [0.3, 0.4) is 0 Å². The maximum atomic E-state index is 13.8. The zero-order valence-corrected chi connectivity index (χ0v) is 22.8. The molecule has 2 atom stereocenters. The number of hydrogen-bond acceptors (Lipinski definition) is 5. The molecule has 0 aromatic heterocycles. The molecule has 2 aliphatic heterocycles. The number of halogens is 4. The van der Waals surface area contributed by atoms with Crippen molar-refractivity contribution >= 4 is 11.9 Å². The largest absolute Gasteiger partial charge is 0.497 e. The fourth-order valence-electron chi connectivity index (χ4n) is 6.24. The van der Waals surface area contributed by atoms with Crippen LogP contribution < -0.4 is 10.1 Å². The van der Waals surface area contributed by atoms with E-state index in [-0.39, 0.29) is 41.6 Å². The van der Waals surface area contributed by atoms with Gasteiger partial charge in [-0.3, -0.25) is 9.69 Å². The van der Waals surface area contributed by atoms with Gasteiger partial charge in [0.1, 0.15) is 17.2 Å². The van der Waals surface area contributed by atoms with Crippen LogP contribution in [0.4, 0.5) is 17.6 Å². The first kappa shape index (κ1) is 29.3. The smallest absolute Gasteiger partial charge is 0.416 e. The monoisotopic (exact) mass is 578 g/mol. The quantitative estimate of drug-likeness (QED) is 0.410. The van der Waals surface area contributed by atoms with Crippen LogP contribution in [-0.4, -0.2) is 60.3 Å². The Balaban J connectivity index is 1.18. The van der Waals surface area contributed by atoms with Crippen molar-refractivity contribution in [3.8, 4) is 5.75 Å². The Morgan fingerprint density at radius 3 is 2.41 bits per heavy atom. The van der Waals surface area contributed by atoms with Gasteiger partial charge in [-0.2, -0.15) is 13.2 Å². The second-order valence-corrected chi connectivity index (χ2v) is 11.3. The van der Waals surface area contributed by atoms with Gasteiger partial charge in [0.15, 0.2) is 0 Å². The molecule has 222 valence electrons. The molecule has 2 heterocycles. The number of methoxy groups -OCH3 is 1. The second kappa shape index (κ2) is 11.6. The van der Waals surface area contributed by atoms with Gasteiger partial charge in [-0.1, -0.05) is 6.07 Å². The number of carbonyl (C=O) groups is 2. The number of nitrogens with one attached hydrogen (secondary N) is 1. The third-order valence-electron chi connectivity index (χ3n) is 8.72. The van der Waals surface area contributed by atoms with E-state index in [1.54, 1.807) is 6.07 Å². The number of carboxylic acid groups (broad SMARTS) is 1. The molecule has 0 bridgehead atoms. The van der Waals surface area contributed by atoms with Crippen molar-refractivity contribution in [3.05, 3.63) is 64.5 Å². The molecule has 1 unspecified atom stereocenters. The molecule has 0 spiro atoms. The molecule has 2 saturated heterocycles. The van der Waals surface area contributed by atoms with E-state index in [0.717, 1.165) is 62.9 Å². The van der Waals surface area contributed by atoms with Crippen molar-refractivity contribution in [2.24, 2.45) is 5.92 Å². The van der Waals surface area contributed by atoms with Gasteiger partial charge in [-0.15, -0.1) is 0 Å². The number of likely N-dealkylation sites (tertiary alicyclic amines) is 1. The minimum atomic E-state index is -4.53. The van der Waals surface area contributed by atoms with Gasteiger partial charge < -0.3 is 19.9 Å². The third-order valence-corrected chi connectivity index (χ3v) is 8.72. The summed E-state index contributed by atoms with van der Waals surface area (Å²) in [4.78, 5) is 27.1. The molecule has 1 saturated carbocycles. The lowest BCUT2D eigenvalue weighted by molar-refractivity contribution is -0.165. The van der Waals surface area contributed by atoms with Crippen LogP contribution in [0.2, 0.25) is 0 Å². The van der Waals surface area contributed by atoms with Gasteiger partial charge in [0.05, 0.1) is 24.8 Å². The number of alkyl halides is 3. The second-order valence-electron chi connectivity index (χ2n) is 11.3. The van der Waals surface area contributed by atoms with E-state index in [4.69, 9.17) is 9.47 Å². The number of ether oxygens (including phenoxy) is 2. The van der Waals surface area contributed by atoms with Crippen molar-refractivity contribution in [1.82, 2.24) is 10.2 Å². The number of piperidine rings is 1. The first-order valence-electron chi connectivity index (χ1n) is 13.9. The van der Waals surface area contributed by atoms with Crippen LogP contribution >= 0.6 is 0 Å². The predicted molar refractivity (Wildman–Crippen MR) is 141 cm³/mol. The standard InChI is InChI=1S/C30H34F4N2O5/c1-40-24-13-18(12-22(15-24)30(32,33)34)16-35-28(39)29(21-3-4-21)9-6-23(17-41-29)36-10-7-19(8-11-36)20-2-5-26(31)25(14-20)27(37)38/h2,5,12-15,19,21,23H,3-4,6-11,16-17H2,1H3,(H,35,39)(H,37,38)/t23?,29-/m0/s1. The first-order chi connectivity index (χ1) is 19.5. The van der Waals surface area contributed by atoms with Gasteiger partial charge in [0.2, 0.25) is 0 Å². The first-order valence-corrected chi connectivity index (χ1v) is 13.9. The Hall–Kier alpha value is -3.18. The van der Waals surface area contributed by atoms with Crippen molar-refractivity contribution in [2.45, 2.75) is 68.8 Å². The van der Waals surface area contributed by atoms with Crippen molar-refractivity contribution < 1.29 is 41.7 Å². The highest BCUT2D eigenvalue weighted by atomic mass is 19.4. The minimum Gasteiger partial charge on any atom is -0.497 e. The van der Waals surface area contributed by atoms with E-state index >= 15 is 0 Å². The molecule has 0 radical (unpaired) electrons. The summed E-state index contributed by atoms with van der Waals surface area (Å²) in [5.74, 6) is -2.01. The van der Waals surface area contributed by atoms with Gasteiger partial charge in [-0.05, 0) is 105 Å². The summed E-state index contributed by atoms with van der Waals surface area (Å²) in [6.45, 7) is 1.86. The summed E-state index contributed by atoms with van der Waals surface area (Å²) < 4.78 is 65.1. The van der Waals surface area contributed by atoms with Crippen LogP contribution in [0.1, 0.15) is 71.5 Å². The zero-order valence-electron chi connectivity index (χ0n) is 22.8. The molecule has 1 aliphatic carbocycles. The molecule has 41 heavy (non-hydrogen) atoms. The van der Waals surface area contributed by atoms with Crippen LogP contribution in [0.5, 0.6) is 5.75 Å². The Kier molecular flexibility index (Phi) is 8.29. The van der Waals surface area contributed by atoms with Crippen LogP contribution in [0.15, 0.2) is 36.4 Å². The summed E-state index contributed by atoms with van der Waals surface area (Å²) in [6.07, 6.45) is 0.101. The fraction of sp³-hybridized carbons (Fsp3) is 0.533. The summed E-state index contributed by atoms with van der Waals surface area (Å²) in [6, 6.07) is 7.86. The van der Waals surface area contributed by atoms with E-state index in [1.807, 2.05) is 0 Å². The lowest BCUT2D eigenvalue weighted by atomic mass is 9.84. The molecule has 5 rings (SSSR count). The normalized spacial score (nSPS) is 24.2. The molecular weight excluding hydrogens is 544 g/mol. The average Bonchev–Trinajstić information content (AvgIpc) is 3.82. The number of rotatable bonds is 8. The number of aromatic carboxylic acids is 1. The summed E-state index contributed by atoms with van der Waals surface area (Å²) in [7, 11) is 1.30. The molecule has 7 nitrogen and oxygen atoms in total. The highest BCUT2D eigenvalue weighted by Crippen LogP contribution is 2.47. The Bertz CT molecular complexity index is 1280. The molecule has 1 amide bonds. The van der Waals surface area contributed by atoms with E-state index in [0.29, 0.717) is 18.6 Å². The van der Waals surface area contributed by atoms with Crippen molar-refractivity contribution in [1.29, 1.82) is 0 Å². The Labute approximate surface area is 235 Å². The maximum Gasteiger partial charge on any atom is 0.416 e. The average molecular weight is 579 g/mol. The highest BCUT2D eigenvalue weighted by molar-refractivity contribution is 5.88. The van der Waals surface area contributed by atoms with Crippen molar-refractivity contribution in [3.63, 3.8) is 0 Å². The van der Waals surface area contributed by atoms with Crippen LogP contribution in [-0.2, 0) is 22.3 Å². The Morgan fingerprint density at radius 1 is 1.10 bits per heavy atom. The van der Waals surface area contributed by atoms with Gasteiger partial charge in [0.25, 0.3) is 5.91 Å². The zero-order chi connectivity index (χ0) is 29.4. The van der Waals surface area contributed by atoms with Gasteiger partial charge >= 0.3 is 12.1 Å². The van der Waals surface area contributed by atoms with E-state index < -0.39 is 29.1 Å². The lowest BCUT2D eigenvalue weighted by Crippen LogP contribution is -2.57. The number of hydrogen-bond donors (Lipinski definition) is 2. The minimum absolute atomic E-state index is 0.0686. The molecule has 3 aliphatic rings. The number of carbonyl (C=O) groups excluding carboxylic acids is 1. The van der Waals surface area contributed by atoms with Gasteiger partial charge in [-0.25, -0.2) is 9.18 Å². The number of carboxylic acids is 1. The lowest BCUT2D eigenvalue weighted by Gasteiger charge is -2.45. The number of nitrogens with zero attached hydrogens (tertiary/aromatic N) is 1. The highest BCUT2D eigenvalue weighted by Gasteiger charge is 2.54. The maximum absolute atomic E-state index is 13.8. The van der Waals surface area contributed by atoms with Crippen molar-refractivity contribution in [2.75, 3.05) is 26.8 Å². The molecule has 3 fully saturated rings. The predicted octanol–water partition coefficient (Wildman–Crippen LogP) is 5.37. The summed E-state index contributed by atoms with van der Waals surface area (Å²) in [5.41, 5.74) is -1.01. The molecule has 2 N–H and O–H groups in total. The summed E-state index contributed by atoms with van der Waals surface area (Å²) >= 11 is 0. The van der Waals surface area contributed by atoms with Crippen LogP contribution in [0, 0.1) is 11.7 Å².